The van der Waals surface area contributed by atoms with Crippen LogP contribution in [0.2, 0.25) is 0 Å². The number of sulfonamides is 1. The molecule has 9 nitrogen and oxygen atoms in total. The van der Waals surface area contributed by atoms with Gasteiger partial charge in [0.25, 0.3) is 5.91 Å². The van der Waals surface area contributed by atoms with Gasteiger partial charge in [0, 0.05) is 6.54 Å². The minimum absolute atomic E-state index is 0.000327. The van der Waals surface area contributed by atoms with E-state index in [9.17, 15) is 18.0 Å². The molecule has 4 rings (SSSR count). The Kier molecular flexibility index (Phi) is 8.03. The van der Waals surface area contributed by atoms with Crippen LogP contribution >= 0.6 is 0 Å². The van der Waals surface area contributed by atoms with Crippen LogP contribution in [0.4, 0.5) is 5.69 Å². The summed E-state index contributed by atoms with van der Waals surface area (Å²) in [5, 5.41) is 0. The summed E-state index contributed by atoms with van der Waals surface area (Å²) in [6.07, 6.45) is 0.0201. The van der Waals surface area contributed by atoms with Gasteiger partial charge in [-0.05, 0) is 67.4 Å². The van der Waals surface area contributed by atoms with Crippen molar-refractivity contribution in [1.82, 2.24) is 4.31 Å². The van der Waals surface area contributed by atoms with Crippen LogP contribution in [0.15, 0.2) is 71.6 Å². The maximum absolute atomic E-state index is 13.9. The fourth-order valence-electron chi connectivity index (χ4n) is 4.41. The molecule has 1 unspecified atom stereocenters. The second-order valence-electron chi connectivity index (χ2n) is 8.85. The summed E-state index contributed by atoms with van der Waals surface area (Å²) in [4.78, 5) is 27.6. The lowest BCUT2D eigenvalue weighted by Gasteiger charge is -2.27. The Labute approximate surface area is 222 Å². The molecule has 2 amide bonds. The van der Waals surface area contributed by atoms with Crippen LogP contribution in [0.3, 0.4) is 0 Å². The van der Waals surface area contributed by atoms with Crippen LogP contribution in [0.1, 0.15) is 17.5 Å². The Balaban J connectivity index is 1.69. The average molecular weight is 539 g/mol. The standard InChI is InChI=1S/C28H30N2O7S/c1-19-5-8-21(9-6-19)30-27(31)18-24(28(30)32)29(38(33,34)23-12-10-22(35-2)11-13-23)16-15-20-7-14-25(36-3)26(17-20)37-4/h5-14,17,24H,15-16,18H2,1-4H3. The van der Waals surface area contributed by atoms with Gasteiger partial charge in [-0.25, -0.2) is 13.3 Å². The molecule has 1 saturated heterocycles. The van der Waals surface area contributed by atoms with Crippen molar-refractivity contribution in [2.24, 2.45) is 0 Å². The largest absolute Gasteiger partial charge is 0.497 e. The zero-order valence-corrected chi connectivity index (χ0v) is 22.5. The van der Waals surface area contributed by atoms with Gasteiger partial charge in [-0.1, -0.05) is 23.8 Å². The molecule has 0 N–H and O–H groups in total. The maximum Gasteiger partial charge on any atom is 0.252 e. The molecule has 0 saturated carbocycles. The molecule has 1 atom stereocenters. The Morgan fingerprint density at radius 3 is 2.13 bits per heavy atom. The topological polar surface area (TPSA) is 102 Å². The molecule has 1 fully saturated rings. The number of carbonyl (C=O) groups is 2. The van der Waals surface area contributed by atoms with Gasteiger partial charge in [-0.2, -0.15) is 4.31 Å². The number of hydrogen-bond acceptors (Lipinski definition) is 7. The van der Waals surface area contributed by atoms with Gasteiger partial charge in [0.1, 0.15) is 11.8 Å². The number of hydrogen-bond donors (Lipinski definition) is 0. The number of rotatable bonds is 10. The predicted molar refractivity (Wildman–Crippen MR) is 142 cm³/mol. The first-order chi connectivity index (χ1) is 18.2. The number of benzene rings is 3. The highest BCUT2D eigenvalue weighted by Crippen LogP contribution is 2.32. The summed E-state index contributed by atoms with van der Waals surface area (Å²) >= 11 is 0. The first-order valence-corrected chi connectivity index (χ1v) is 13.4. The van der Waals surface area contributed by atoms with Crippen LogP contribution in [-0.2, 0) is 26.0 Å². The third-order valence-electron chi connectivity index (χ3n) is 6.50. The second-order valence-corrected chi connectivity index (χ2v) is 10.7. The minimum Gasteiger partial charge on any atom is -0.497 e. The number of nitrogens with zero attached hydrogens (tertiary/aromatic N) is 2. The molecule has 10 heteroatoms. The van der Waals surface area contributed by atoms with Crippen molar-refractivity contribution >= 4 is 27.5 Å². The lowest BCUT2D eigenvalue weighted by atomic mass is 10.1. The predicted octanol–water partition coefficient (Wildman–Crippen LogP) is 3.59. The molecular formula is C28H30N2O7S. The number of methoxy groups -OCH3 is 3. The van der Waals surface area contributed by atoms with E-state index in [0.29, 0.717) is 22.9 Å². The number of aryl methyl sites for hydroxylation is 1. The number of imide groups is 1. The van der Waals surface area contributed by atoms with Gasteiger partial charge < -0.3 is 14.2 Å². The summed E-state index contributed by atoms with van der Waals surface area (Å²) in [7, 11) is 0.382. The zero-order valence-electron chi connectivity index (χ0n) is 21.7. The van der Waals surface area contributed by atoms with Crippen molar-refractivity contribution in [3.63, 3.8) is 0 Å². The minimum atomic E-state index is -4.15. The van der Waals surface area contributed by atoms with Gasteiger partial charge in [0.2, 0.25) is 15.9 Å². The molecule has 0 aromatic heterocycles. The molecule has 0 spiro atoms. The highest BCUT2D eigenvalue weighted by Gasteiger charge is 2.46. The van der Waals surface area contributed by atoms with Crippen molar-refractivity contribution in [2.75, 3.05) is 32.8 Å². The summed E-state index contributed by atoms with van der Waals surface area (Å²) < 4.78 is 44.7. The number of ether oxygens (including phenoxy) is 3. The molecule has 1 heterocycles. The van der Waals surface area contributed by atoms with Crippen molar-refractivity contribution in [3.8, 4) is 17.2 Å². The second kappa shape index (κ2) is 11.2. The monoisotopic (exact) mass is 538 g/mol. The van der Waals surface area contributed by atoms with Crippen molar-refractivity contribution in [2.45, 2.75) is 30.7 Å². The van der Waals surface area contributed by atoms with Crippen LogP contribution in [-0.4, -0.2) is 58.5 Å². The van der Waals surface area contributed by atoms with Gasteiger partial charge >= 0.3 is 0 Å². The van der Waals surface area contributed by atoms with Crippen molar-refractivity contribution in [1.29, 1.82) is 0 Å². The Morgan fingerprint density at radius 1 is 0.868 bits per heavy atom. The highest BCUT2D eigenvalue weighted by atomic mass is 32.2. The van der Waals surface area contributed by atoms with Crippen LogP contribution in [0.25, 0.3) is 0 Å². The van der Waals surface area contributed by atoms with E-state index in [1.165, 1.54) is 33.5 Å². The van der Waals surface area contributed by atoms with Gasteiger partial charge in [0.05, 0.1) is 38.3 Å². The molecule has 3 aromatic rings. The molecule has 38 heavy (non-hydrogen) atoms. The highest BCUT2D eigenvalue weighted by molar-refractivity contribution is 7.89. The van der Waals surface area contributed by atoms with Crippen LogP contribution in [0.5, 0.6) is 17.2 Å². The number of anilines is 1. The van der Waals surface area contributed by atoms with E-state index in [0.717, 1.165) is 20.3 Å². The van der Waals surface area contributed by atoms with E-state index < -0.39 is 27.9 Å². The smallest absolute Gasteiger partial charge is 0.252 e. The molecule has 0 bridgehead atoms. The lowest BCUT2D eigenvalue weighted by molar-refractivity contribution is -0.122. The Hall–Kier alpha value is -3.89. The third kappa shape index (κ3) is 5.36. The van der Waals surface area contributed by atoms with E-state index >= 15 is 0 Å². The van der Waals surface area contributed by atoms with Gasteiger partial charge in [-0.3, -0.25) is 9.59 Å². The zero-order chi connectivity index (χ0) is 27.4. The number of carbonyl (C=O) groups excluding carboxylic acids is 2. The quantitative estimate of drug-likeness (QED) is 0.364. The van der Waals surface area contributed by atoms with E-state index in [2.05, 4.69) is 0 Å². The average Bonchev–Trinajstić information content (AvgIpc) is 3.22. The fraction of sp³-hybridized carbons (Fsp3) is 0.286. The first-order valence-electron chi connectivity index (χ1n) is 12.0. The third-order valence-corrected chi connectivity index (χ3v) is 8.42. The lowest BCUT2D eigenvalue weighted by Crippen LogP contribution is -2.46. The molecule has 0 aliphatic carbocycles. The van der Waals surface area contributed by atoms with Crippen LogP contribution in [0, 0.1) is 6.92 Å². The maximum atomic E-state index is 13.9. The van der Waals surface area contributed by atoms with Crippen LogP contribution < -0.4 is 19.1 Å². The number of amides is 2. The Morgan fingerprint density at radius 2 is 1.53 bits per heavy atom. The molecular weight excluding hydrogens is 508 g/mol. The summed E-state index contributed by atoms with van der Waals surface area (Å²) in [5.74, 6) is 0.517. The van der Waals surface area contributed by atoms with Gasteiger partial charge in [-0.15, -0.1) is 0 Å². The van der Waals surface area contributed by atoms with Crippen molar-refractivity contribution in [3.05, 3.63) is 77.9 Å². The fourth-order valence-corrected chi connectivity index (χ4v) is 5.99. The van der Waals surface area contributed by atoms with E-state index in [-0.39, 0.29) is 24.3 Å². The normalized spacial score (nSPS) is 15.7. The summed E-state index contributed by atoms with van der Waals surface area (Å²) in [5.41, 5.74) is 2.17. The molecule has 1 aliphatic heterocycles. The van der Waals surface area contributed by atoms with E-state index in [4.69, 9.17) is 14.2 Å². The Bertz CT molecular complexity index is 1420. The van der Waals surface area contributed by atoms with Gasteiger partial charge in [0.15, 0.2) is 11.5 Å². The molecule has 1 aliphatic rings. The first kappa shape index (κ1) is 27.2. The van der Waals surface area contributed by atoms with E-state index in [1.807, 2.05) is 6.92 Å². The SMILES string of the molecule is COc1ccc(S(=O)(=O)N(CCc2ccc(OC)c(OC)c2)C2CC(=O)N(c3ccc(C)cc3)C2=O)cc1. The summed E-state index contributed by atoms with van der Waals surface area (Å²) in [6.45, 7) is 1.87. The molecule has 200 valence electrons. The summed E-state index contributed by atoms with van der Waals surface area (Å²) in [6, 6.07) is 17.0. The molecule has 0 radical (unpaired) electrons. The molecule has 3 aromatic carbocycles. The van der Waals surface area contributed by atoms with Crippen molar-refractivity contribution < 1.29 is 32.2 Å². The van der Waals surface area contributed by atoms with E-state index in [1.54, 1.807) is 54.6 Å².